The van der Waals surface area contributed by atoms with Crippen molar-refractivity contribution in [3.63, 3.8) is 0 Å². The molecule has 0 unspecified atom stereocenters. The molecule has 25 heavy (non-hydrogen) atoms. The van der Waals surface area contributed by atoms with Crippen LogP contribution in [0.5, 0.6) is 0 Å². The van der Waals surface area contributed by atoms with Crippen molar-refractivity contribution in [3.8, 4) is 0 Å². The molecule has 1 aliphatic heterocycles. The maximum atomic E-state index is 4.48. The first-order chi connectivity index (χ1) is 12.3. The summed E-state index contributed by atoms with van der Waals surface area (Å²) in [6, 6.07) is 19.1. The predicted octanol–water partition coefficient (Wildman–Crippen LogP) is 3.96. The van der Waals surface area contributed by atoms with Crippen LogP contribution >= 0.6 is 0 Å². The van der Waals surface area contributed by atoms with Crippen molar-refractivity contribution < 1.29 is 0 Å². The molecule has 126 valence electrons. The summed E-state index contributed by atoms with van der Waals surface area (Å²) >= 11 is 0. The average Bonchev–Trinajstić information content (AvgIpc) is 2.67. The molecule has 0 radical (unpaired) electrons. The predicted molar refractivity (Wildman–Crippen MR) is 102 cm³/mol. The van der Waals surface area contributed by atoms with Crippen molar-refractivity contribution in [2.75, 3.05) is 16.8 Å². The van der Waals surface area contributed by atoms with Gasteiger partial charge in [0.1, 0.15) is 18.0 Å². The first-order valence-electron chi connectivity index (χ1n) is 8.72. The van der Waals surface area contributed by atoms with E-state index in [-0.39, 0.29) is 0 Å². The minimum Gasteiger partial charge on any atom is -0.366 e. The molecule has 3 aromatic rings. The lowest BCUT2D eigenvalue weighted by molar-refractivity contribution is 0.719. The number of hydrogen-bond acceptors (Lipinski definition) is 4. The monoisotopic (exact) mass is 330 g/mol. The van der Waals surface area contributed by atoms with Crippen LogP contribution in [0.2, 0.25) is 0 Å². The van der Waals surface area contributed by atoms with E-state index in [0.717, 1.165) is 37.7 Å². The molecule has 2 aromatic carbocycles. The third kappa shape index (κ3) is 3.48. The van der Waals surface area contributed by atoms with Gasteiger partial charge in [0.25, 0.3) is 0 Å². The largest absolute Gasteiger partial charge is 0.366 e. The van der Waals surface area contributed by atoms with E-state index >= 15 is 0 Å². The summed E-state index contributed by atoms with van der Waals surface area (Å²) in [5.41, 5.74) is 5.42. The van der Waals surface area contributed by atoms with Gasteiger partial charge in [0.15, 0.2) is 0 Å². The van der Waals surface area contributed by atoms with Gasteiger partial charge in [0.2, 0.25) is 0 Å². The van der Waals surface area contributed by atoms with Crippen LogP contribution < -0.4 is 10.2 Å². The fourth-order valence-corrected chi connectivity index (χ4v) is 3.30. The summed E-state index contributed by atoms with van der Waals surface area (Å²) < 4.78 is 0. The number of fused-ring (bicyclic) bond motifs is 1. The lowest BCUT2D eigenvalue weighted by Gasteiger charge is -2.29. The van der Waals surface area contributed by atoms with E-state index in [1.165, 1.54) is 22.3 Å². The van der Waals surface area contributed by atoms with Gasteiger partial charge >= 0.3 is 0 Å². The molecule has 1 N–H and O–H groups in total. The van der Waals surface area contributed by atoms with Crippen molar-refractivity contribution in [2.24, 2.45) is 0 Å². The van der Waals surface area contributed by atoms with Gasteiger partial charge < -0.3 is 10.2 Å². The lowest BCUT2D eigenvalue weighted by atomic mass is 10.00. The Labute approximate surface area is 148 Å². The molecule has 0 aliphatic carbocycles. The van der Waals surface area contributed by atoms with Gasteiger partial charge in [-0.05, 0) is 35.6 Å². The van der Waals surface area contributed by atoms with E-state index in [1.807, 2.05) is 6.07 Å². The smallest absolute Gasteiger partial charge is 0.134 e. The molecule has 2 heterocycles. The Morgan fingerprint density at radius 2 is 1.80 bits per heavy atom. The maximum absolute atomic E-state index is 4.48. The SMILES string of the molecule is Cc1ccccc1CNc1cc(N2CCc3ccccc3C2)ncn1. The second-order valence-electron chi connectivity index (χ2n) is 6.48. The molecule has 1 aliphatic rings. The Kier molecular flexibility index (Phi) is 4.34. The second kappa shape index (κ2) is 6.93. The third-order valence-corrected chi connectivity index (χ3v) is 4.83. The van der Waals surface area contributed by atoms with Crippen LogP contribution in [0.1, 0.15) is 22.3 Å². The van der Waals surface area contributed by atoms with E-state index in [1.54, 1.807) is 6.33 Å². The fourth-order valence-electron chi connectivity index (χ4n) is 3.30. The van der Waals surface area contributed by atoms with Crippen molar-refractivity contribution in [1.29, 1.82) is 0 Å². The molecular weight excluding hydrogens is 308 g/mol. The minimum absolute atomic E-state index is 0.770. The van der Waals surface area contributed by atoms with Crippen LogP contribution in [-0.4, -0.2) is 16.5 Å². The van der Waals surface area contributed by atoms with Gasteiger partial charge in [-0.2, -0.15) is 0 Å². The van der Waals surface area contributed by atoms with Crippen LogP contribution in [0.3, 0.4) is 0 Å². The van der Waals surface area contributed by atoms with Crippen molar-refractivity contribution in [1.82, 2.24) is 9.97 Å². The summed E-state index contributed by atoms with van der Waals surface area (Å²) in [6.07, 6.45) is 2.71. The highest BCUT2D eigenvalue weighted by Crippen LogP contribution is 2.24. The number of aromatic nitrogens is 2. The zero-order valence-corrected chi connectivity index (χ0v) is 14.4. The van der Waals surface area contributed by atoms with Crippen LogP contribution in [0, 0.1) is 6.92 Å². The highest BCUT2D eigenvalue weighted by Gasteiger charge is 2.17. The first kappa shape index (κ1) is 15.6. The Balaban J connectivity index is 1.48. The summed E-state index contributed by atoms with van der Waals surface area (Å²) in [6.45, 7) is 4.80. The first-order valence-corrected chi connectivity index (χ1v) is 8.72. The van der Waals surface area contributed by atoms with Gasteiger partial charge in [0, 0.05) is 25.7 Å². The molecule has 4 nitrogen and oxygen atoms in total. The molecule has 0 atom stereocenters. The Bertz CT molecular complexity index is 875. The average molecular weight is 330 g/mol. The number of anilines is 2. The lowest BCUT2D eigenvalue weighted by Crippen LogP contribution is -2.31. The molecule has 0 bridgehead atoms. The van der Waals surface area contributed by atoms with Crippen molar-refractivity contribution in [2.45, 2.75) is 26.4 Å². The molecule has 0 fully saturated rings. The number of benzene rings is 2. The Morgan fingerprint density at radius 3 is 2.68 bits per heavy atom. The molecule has 4 heteroatoms. The van der Waals surface area contributed by atoms with Crippen LogP contribution in [-0.2, 0) is 19.5 Å². The summed E-state index contributed by atoms with van der Waals surface area (Å²) in [5, 5.41) is 3.42. The molecule has 0 saturated heterocycles. The highest BCUT2D eigenvalue weighted by atomic mass is 15.2. The zero-order chi connectivity index (χ0) is 17.1. The molecule has 0 spiro atoms. The normalized spacial score (nSPS) is 13.4. The zero-order valence-electron chi connectivity index (χ0n) is 14.4. The van der Waals surface area contributed by atoms with E-state index in [4.69, 9.17) is 0 Å². The summed E-state index contributed by atoms with van der Waals surface area (Å²) in [4.78, 5) is 11.2. The Morgan fingerprint density at radius 1 is 1.00 bits per heavy atom. The number of aryl methyl sites for hydroxylation is 1. The molecule has 1 aromatic heterocycles. The molecular formula is C21H22N4. The van der Waals surface area contributed by atoms with Crippen LogP contribution in [0.15, 0.2) is 60.9 Å². The van der Waals surface area contributed by atoms with Gasteiger partial charge in [-0.15, -0.1) is 0 Å². The molecule has 4 rings (SSSR count). The number of nitrogens with zero attached hydrogens (tertiary/aromatic N) is 3. The second-order valence-corrected chi connectivity index (χ2v) is 6.48. The van der Waals surface area contributed by atoms with E-state index in [0.29, 0.717) is 0 Å². The topological polar surface area (TPSA) is 41.0 Å². The van der Waals surface area contributed by atoms with E-state index in [2.05, 4.69) is 75.6 Å². The van der Waals surface area contributed by atoms with E-state index in [9.17, 15) is 0 Å². The van der Waals surface area contributed by atoms with Gasteiger partial charge in [-0.1, -0.05) is 48.5 Å². The molecule has 0 amide bonds. The van der Waals surface area contributed by atoms with Gasteiger partial charge in [-0.25, -0.2) is 9.97 Å². The van der Waals surface area contributed by atoms with Crippen molar-refractivity contribution >= 4 is 11.6 Å². The van der Waals surface area contributed by atoms with E-state index < -0.39 is 0 Å². The highest BCUT2D eigenvalue weighted by molar-refractivity contribution is 5.51. The number of hydrogen-bond donors (Lipinski definition) is 1. The summed E-state index contributed by atoms with van der Waals surface area (Å²) in [7, 11) is 0. The van der Waals surface area contributed by atoms with Crippen molar-refractivity contribution in [3.05, 3.63) is 83.2 Å². The van der Waals surface area contributed by atoms with Crippen LogP contribution in [0.25, 0.3) is 0 Å². The summed E-state index contributed by atoms with van der Waals surface area (Å²) in [5.74, 6) is 1.85. The minimum atomic E-state index is 0.770. The number of nitrogens with one attached hydrogen (secondary N) is 1. The quantitative estimate of drug-likeness (QED) is 0.786. The molecule has 0 saturated carbocycles. The van der Waals surface area contributed by atoms with Gasteiger partial charge in [-0.3, -0.25) is 0 Å². The third-order valence-electron chi connectivity index (χ3n) is 4.83. The maximum Gasteiger partial charge on any atom is 0.134 e. The number of rotatable bonds is 4. The van der Waals surface area contributed by atoms with Crippen LogP contribution in [0.4, 0.5) is 11.6 Å². The Hall–Kier alpha value is -2.88. The van der Waals surface area contributed by atoms with Gasteiger partial charge in [0.05, 0.1) is 0 Å². The standard InChI is InChI=1S/C21H22N4/c1-16-6-2-3-8-18(16)13-22-20-12-21(24-15-23-20)25-11-10-17-7-4-5-9-19(17)14-25/h2-9,12,15H,10-11,13-14H2,1H3,(H,22,23,24). The fraction of sp³-hybridized carbons (Fsp3) is 0.238.